The summed E-state index contributed by atoms with van der Waals surface area (Å²) < 4.78 is 26.5. The summed E-state index contributed by atoms with van der Waals surface area (Å²) in [6, 6.07) is 6.06. The first-order valence-corrected chi connectivity index (χ1v) is 8.36. The third-order valence-corrected chi connectivity index (χ3v) is 4.79. The van der Waals surface area contributed by atoms with Gasteiger partial charge in [0.15, 0.2) is 0 Å². The highest BCUT2D eigenvalue weighted by Gasteiger charge is 2.19. The quantitative estimate of drug-likeness (QED) is 0.638. The molecule has 0 fully saturated rings. The highest BCUT2D eigenvalue weighted by atomic mass is 35.5. The Hall–Kier alpha value is -1.01. The minimum absolute atomic E-state index is 0.169. The smallest absolute Gasteiger partial charge is 0.237 e. The minimum atomic E-state index is -0.725. The standard InChI is InChI=1S/C15H10Cl3F2NOS/c1-7(23-13-3-2-9(19)6-12(13)20)15(22)21-14-10(17)4-8(16)5-11(14)18/h2-7H,1H3,(H,21,22). The number of nitrogens with one attached hydrogen (secondary N) is 1. The molecule has 2 aromatic carbocycles. The van der Waals surface area contributed by atoms with Gasteiger partial charge in [0.05, 0.1) is 21.0 Å². The Kier molecular flexibility index (Phi) is 6.14. The van der Waals surface area contributed by atoms with E-state index in [1.807, 2.05) is 0 Å². The summed E-state index contributed by atoms with van der Waals surface area (Å²) in [5, 5.41) is 2.66. The molecule has 1 N–H and O–H groups in total. The lowest BCUT2D eigenvalue weighted by Gasteiger charge is -2.14. The van der Waals surface area contributed by atoms with E-state index in [0.717, 1.165) is 23.9 Å². The van der Waals surface area contributed by atoms with Crippen LogP contribution in [0.1, 0.15) is 6.92 Å². The maximum absolute atomic E-state index is 13.6. The SMILES string of the molecule is CC(Sc1ccc(F)cc1F)C(=O)Nc1c(Cl)cc(Cl)cc1Cl. The van der Waals surface area contributed by atoms with Gasteiger partial charge in [-0.3, -0.25) is 4.79 Å². The van der Waals surface area contributed by atoms with Crippen molar-refractivity contribution in [3.63, 3.8) is 0 Å². The lowest BCUT2D eigenvalue weighted by Crippen LogP contribution is -2.22. The van der Waals surface area contributed by atoms with Crippen LogP contribution in [-0.4, -0.2) is 11.2 Å². The number of hydrogen-bond acceptors (Lipinski definition) is 2. The van der Waals surface area contributed by atoms with E-state index in [1.165, 1.54) is 18.2 Å². The molecule has 0 radical (unpaired) electrons. The molecule has 0 aromatic heterocycles. The average Bonchev–Trinajstić information content (AvgIpc) is 2.45. The van der Waals surface area contributed by atoms with Gasteiger partial charge in [-0.25, -0.2) is 8.78 Å². The van der Waals surface area contributed by atoms with Gasteiger partial charge < -0.3 is 5.32 Å². The monoisotopic (exact) mass is 395 g/mol. The first-order valence-electron chi connectivity index (χ1n) is 6.35. The summed E-state index contributed by atoms with van der Waals surface area (Å²) >= 11 is 18.7. The van der Waals surface area contributed by atoms with Crippen LogP contribution in [0.3, 0.4) is 0 Å². The van der Waals surface area contributed by atoms with Crippen LogP contribution < -0.4 is 5.32 Å². The van der Waals surface area contributed by atoms with Gasteiger partial charge in [0.25, 0.3) is 0 Å². The molecule has 2 nitrogen and oxygen atoms in total. The molecule has 0 saturated carbocycles. The molecule has 0 aliphatic heterocycles. The lowest BCUT2D eigenvalue weighted by molar-refractivity contribution is -0.115. The van der Waals surface area contributed by atoms with Crippen molar-refractivity contribution in [1.82, 2.24) is 0 Å². The van der Waals surface area contributed by atoms with Gasteiger partial charge in [-0.15, -0.1) is 11.8 Å². The van der Waals surface area contributed by atoms with Crippen LogP contribution in [0.25, 0.3) is 0 Å². The summed E-state index contributed by atoms with van der Waals surface area (Å²) in [4.78, 5) is 12.4. The molecule has 0 bridgehead atoms. The number of carbonyl (C=O) groups is 1. The largest absolute Gasteiger partial charge is 0.323 e. The number of rotatable bonds is 4. The van der Waals surface area contributed by atoms with E-state index in [9.17, 15) is 13.6 Å². The van der Waals surface area contributed by atoms with Crippen molar-refractivity contribution in [2.75, 3.05) is 5.32 Å². The van der Waals surface area contributed by atoms with E-state index >= 15 is 0 Å². The van der Waals surface area contributed by atoms with Gasteiger partial charge in [0, 0.05) is 16.0 Å². The Morgan fingerprint density at radius 1 is 1.13 bits per heavy atom. The number of hydrogen-bond donors (Lipinski definition) is 1. The maximum atomic E-state index is 13.6. The van der Waals surface area contributed by atoms with Crippen molar-refractivity contribution in [1.29, 1.82) is 0 Å². The zero-order valence-corrected chi connectivity index (χ0v) is 14.8. The summed E-state index contributed by atoms with van der Waals surface area (Å²) in [5.74, 6) is -1.83. The first kappa shape index (κ1) is 18.3. The molecule has 2 rings (SSSR count). The maximum Gasteiger partial charge on any atom is 0.237 e. The number of carbonyl (C=O) groups excluding carboxylic acids is 1. The Morgan fingerprint density at radius 2 is 1.74 bits per heavy atom. The van der Waals surface area contributed by atoms with Gasteiger partial charge in [0.1, 0.15) is 11.6 Å². The fraction of sp³-hybridized carbons (Fsp3) is 0.133. The molecular formula is C15H10Cl3F2NOS. The van der Waals surface area contributed by atoms with E-state index in [0.29, 0.717) is 5.02 Å². The van der Waals surface area contributed by atoms with Crippen molar-refractivity contribution < 1.29 is 13.6 Å². The Bertz CT molecular complexity index is 734. The number of halogens is 5. The number of benzene rings is 2. The second-order valence-corrected chi connectivity index (χ2v) is 7.20. The summed E-state index contributed by atoms with van der Waals surface area (Å²) in [6.07, 6.45) is 0. The van der Waals surface area contributed by atoms with Gasteiger partial charge in [-0.05, 0) is 31.2 Å². The molecule has 2 aromatic rings. The van der Waals surface area contributed by atoms with Crippen LogP contribution in [0.15, 0.2) is 35.2 Å². The second kappa shape index (κ2) is 7.71. The molecule has 122 valence electrons. The summed E-state index contributed by atoms with van der Waals surface area (Å²) in [7, 11) is 0. The van der Waals surface area contributed by atoms with Crippen LogP contribution in [0.5, 0.6) is 0 Å². The van der Waals surface area contributed by atoms with Crippen LogP contribution >= 0.6 is 46.6 Å². The molecule has 0 aliphatic rings. The molecule has 23 heavy (non-hydrogen) atoms. The van der Waals surface area contributed by atoms with E-state index in [4.69, 9.17) is 34.8 Å². The molecule has 0 aliphatic carbocycles. The Morgan fingerprint density at radius 3 is 2.30 bits per heavy atom. The number of amides is 1. The highest BCUT2D eigenvalue weighted by Crippen LogP contribution is 2.34. The van der Waals surface area contributed by atoms with Crippen molar-refractivity contribution in [3.05, 3.63) is 57.0 Å². The predicted octanol–water partition coefficient (Wildman–Crippen LogP) is 6.04. The average molecular weight is 397 g/mol. The van der Waals surface area contributed by atoms with E-state index in [1.54, 1.807) is 6.92 Å². The molecule has 8 heteroatoms. The lowest BCUT2D eigenvalue weighted by atomic mass is 10.3. The van der Waals surface area contributed by atoms with Gasteiger partial charge in [0.2, 0.25) is 5.91 Å². The van der Waals surface area contributed by atoms with E-state index in [-0.39, 0.29) is 20.6 Å². The van der Waals surface area contributed by atoms with Gasteiger partial charge in [-0.1, -0.05) is 34.8 Å². The van der Waals surface area contributed by atoms with E-state index < -0.39 is 22.8 Å². The van der Waals surface area contributed by atoms with Crippen molar-refractivity contribution >= 4 is 58.2 Å². The van der Waals surface area contributed by atoms with Crippen LogP contribution in [0.4, 0.5) is 14.5 Å². The fourth-order valence-corrected chi connectivity index (χ4v) is 3.48. The third kappa shape index (κ3) is 4.73. The molecule has 1 unspecified atom stereocenters. The normalized spacial score (nSPS) is 12.1. The Balaban J connectivity index is 2.11. The zero-order chi connectivity index (χ0) is 17.1. The highest BCUT2D eigenvalue weighted by molar-refractivity contribution is 8.00. The van der Waals surface area contributed by atoms with Crippen LogP contribution in [0, 0.1) is 11.6 Å². The number of thioether (sulfide) groups is 1. The molecule has 1 amide bonds. The zero-order valence-electron chi connectivity index (χ0n) is 11.7. The summed E-state index contributed by atoms with van der Waals surface area (Å²) in [5.41, 5.74) is 0.231. The second-order valence-electron chi connectivity index (χ2n) is 4.57. The third-order valence-electron chi connectivity index (χ3n) is 2.82. The summed E-state index contributed by atoms with van der Waals surface area (Å²) in [6.45, 7) is 1.58. The number of anilines is 1. The molecule has 0 heterocycles. The van der Waals surface area contributed by atoms with Crippen LogP contribution in [0.2, 0.25) is 15.1 Å². The van der Waals surface area contributed by atoms with Crippen molar-refractivity contribution in [2.24, 2.45) is 0 Å². The van der Waals surface area contributed by atoms with Crippen LogP contribution in [-0.2, 0) is 4.79 Å². The first-order chi connectivity index (χ1) is 10.8. The fourth-order valence-electron chi connectivity index (χ4n) is 1.70. The van der Waals surface area contributed by atoms with Crippen molar-refractivity contribution in [3.8, 4) is 0 Å². The van der Waals surface area contributed by atoms with E-state index in [2.05, 4.69) is 5.32 Å². The van der Waals surface area contributed by atoms with Gasteiger partial charge in [-0.2, -0.15) is 0 Å². The molecule has 0 spiro atoms. The molecule has 1 atom stereocenters. The molecule has 0 saturated heterocycles. The Labute approximate surface area is 151 Å². The molecular weight excluding hydrogens is 387 g/mol. The van der Waals surface area contributed by atoms with Gasteiger partial charge >= 0.3 is 0 Å². The minimum Gasteiger partial charge on any atom is -0.323 e. The topological polar surface area (TPSA) is 29.1 Å². The van der Waals surface area contributed by atoms with Crippen molar-refractivity contribution in [2.45, 2.75) is 17.1 Å². The predicted molar refractivity (Wildman–Crippen MR) is 91.8 cm³/mol.